The molecule has 0 bridgehead atoms. The van der Waals surface area contributed by atoms with Crippen molar-refractivity contribution in [1.82, 2.24) is 19.4 Å². The highest BCUT2D eigenvalue weighted by atomic mass is 32.2. The fourth-order valence-electron chi connectivity index (χ4n) is 4.00. The van der Waals surface area contributed by atoms with E-state index in [0.29, 0.717) is 50.1 Å². The number of aryl methyl sites for hydroxylation is 1. The first kappa shape index (κ1) is 21.6. The number of benzene rings is 1. The van der Waals surface area contributed by atoms with E-state index in [1.807, 2.05) is 24.3 Å². The predicted molar refractivity (Wildman–Crippen MR) is 118 cm³/mol. The van der Waals surface area contributed by atoms with Crippen molar-refractivity contribution in [3.63, 3.8) is 0 Å². The zero-order valence-corrected chi connectivity index (χ0v) is 19.0. The molecule has 0 atom stereocenters. The fourth-order valence-corrected chi connectivity index (χ4v) is 4.83. The van der Waals surface area contributed by atoms with E-state index in [4.69, 9.17) is 4.74 Å². The number of piperazine rings is 1. The van der Waals surface area contributed by atoms with Crippen LogP contribution in [0.15, 0.2) is 24.3 Å². The SMILES string of the molecule is COc1c(CNC(=O)c2cc(C3CC3)nn2C)cccc1N1CCN(S(C)(=O)=O)CC1. The molecule has 1 N–H and O–H groups in total. The summed E-state index contributed by atoms with van der Waals surface area (Å²) in [6.07, 6.45) is 3.52. The molecule has 2 fully saturated rings. The van der Waals surface area contributed by atoms with Crippen LogP contribution in [0.3, 0.4) is 0 Å². The van der Waals surface area contributed by atoms with Gasteiger partial charge in [-0.25, -0.2) is 8.42 Å². The fraction of sp³-hybridized carbons (Fsp3) is 0.524. The monoisotopic (exact) mass is 447 g/mol. The number of carbonyl (C=O) groups excluding carboxylic acids is 1. The molecule has 1 aromatic heterocycles. The smallest absolute Gasteiger partial charge is 0.269 e. The van der Waals surface area contributed by atoms with Crippen molar-refractivity contribution in [2.24, 2.45) is 7.05 Å². The van der Waals surface area contributed by atoms with Gasteiger partial charge in [-0.3, -0.25) is 9.48 Å². The van der Waals surface area contributed by atoms with E-state index in [-0.39, 0.29) is 5.91 Å². The van der Waals surface area contributed by atoms with E-state index in [1.54, 1.807) is 18.8 Å². The Morgan fingerprint density at radius 1 is 1.23 bits per heavy atom. The standard InChI is InChI=1S/C21H29N5O4S/c1-24-19(13-17(23-24)15-7-8-15)21(27)22-14-16-5-4-6-18(20(16)30-2)25-9-11-26(12-10-25)31(3,28)29/h4-6,13,15H,7-12,14H2,1-3H3,(H,22,27). The van der Waals surface area contributed by atoms with Gasteiger partial charge in [-0.1, -0.05) is 12.1 Å². The number of ether oxygens (including phenoxy) is 1. The third kappa shape index (κ3) is 4.69. The molecule has 0 unspecified atom stereocenters. The number of methoxy groups -OCH3 is 1. The van der Waals surface area contributed by atoms with Gasteiger partial charge in [-0.2, -0.15) is 9.40 Å². The number of rotatable bonds is 7. The van der Waals surface area contributed by atoms with Crippen molar-refractivity contribution < 1.29 is 17.9 Å². The summed E-state index contributed by atoms with van der Waals surface area (Å²) in [5.74, 6) is 1.02. The number of hydrogen-bond acceptors (Lipinski definition) is 6. The van der Waals surface area contributed by atoms with Crippen LogP contribution >= 0.6 is 0 Å². The minimum atomic E-state index is -3.18. The lowest BCUT2D eigenvalue weighted by Gasteiger charge is -2.35. The maximum atomic E-state index is 12.7. The van der Waals surface area contributed by atoms with Gasteiger partial charge in [0.05, 0.1) is 24.7 Å². The molecule has 1 saturated heterocycles. The van der Waals surface area contributed by atoms with Gasteiger partial charge in [-0.15, -0.1) is 0 Å². The van der Waals surface area contributed by atoms with Crippen LogP contribution in [0.1, 0.15) is 40.5 Å². The maximum absolute atomic E-state index is 12.7. The van der Waals surface area contributed by atoms with Gasteiger partial charge in [0.1, 0.15) is 11.4 Å². The molecule has 2 aromatic rings. The lowest BCUT2D eigenvalue weighted by molar-refractivity contribution is 0.0941. The molecule has 1 aliphatic carbocycles. The van der Waals surface area contributed by atoms with Crippen molar-refractivity contribution in [3.05, 3.63) is 41.2 Å². The molecule has 1 aromatic carbocycles. The second-order valence-corrected chi connectivity index (χ2v) is 10.1. The Bertz CT molecular complexity index is 1070. The Balaban J connectivity index is 1.45. The summed E-state index contributed by atoms with van der Waals surface area (Å²) < 4.78 is 32.4. The Morgan fingerprint density at radius 2 is 1.94 bits per heavy atom. The Morgan fingerprint density at radius 3 is 2.55 bits per heavy atom. The van der Waals surface area contributed by atoms with Gasteiger partial charge in [-0.05, 0) is 25.0 Å². The van der Waals surface area contributed by atoms with Gasteiger partial charge in [0.15, 0.2) is 0 Å². The largest absolute Gasteiger partial charge is 0.494 e. The highest BCUT2D eigenvalue weighted by Crippen LogP contribution is 2.39. The second kappa shape index (κ2) is 8.51. The summed E-state index contributed by atoms with van der Waals surface area (Å²) in [6, 6.07) is 7.69. The van der Waals surface area contributed by atoms with Crippen molar-refractivity contribution >= 4 is 21.6 Å². The average Bonchev–Trinajstić information content (AvgIpc) is 3.53. The highest BCUT2D eigenvalue weighted by molar-refractivity contribution is 7.88. The van der Waals surface area contributed by atoms with Crippen LogP contribution in [0.25, 0.3) is 0 Å². The van der Waals surface area contributed by atoms with Gasteiger partial charge >= 0.3 is 0 Å². The van der Waals surface area contributed by atoms with E-state index in [9.17, 15) is 13.2 Å². The molecular weight excluding hydrogens is 418 g/mol. The van der Waals surface area contributed by atoms with E-state index in [1.165, 1.54) is 10.6 Å². The first-order chi connectivity index (χ1) is 14.8. The van der Waals surface area contributed by atoms with Gasteiger partial charge in [0.2, 0.25) is 10.0 Å². The number of anilines is 1. The van der Waals surface area contributed by atoms with Gasteiger partial charge in [0, 0.05) is 51.3 Å². The lowest BCUT2D eigenvalue weighted by Crippen LogP contribution is -2.48. The number of carbonyl (C=O) groups is 1. The van der Waals surface area contributed by atoms with E-state index >= 15 is 0 Å². The third-order valence-electron chi connectivity index (χ3n) is 5.89. The van der Waals surface area contributed by atoms with Crippen LogP contribution < -0.4 is 15.0 Å². The van der Waals surface area contributed by atoms with Gasteiger partial charge < -0.3 is 15.0 Å². The zero-order valence-electron chi connectivity index (χ0n) is 18.2. The number of nitrogens with zero attached hydrogens (tertiary/aromatic N) is 4. The molecule has 0 spiro atoms. The van der Waals surface area contributed by atoms with Gasteiger partial charge in [0.25, 0.3) is 5.91 Å². The molecule has 2 heterocycles. The lowest BCUT2D eigenvalue weighted by atomic mass is 10.1. The maximum Gasteiger partial charge on any atom is 0.269 e. The van der Waals surface area contributed by atoms with Crippen LogP contribution in [0.2, 0.25) is 0 Å². The Labute approximate surface area is 183 Å². The number of amides is 1. The van der Waals surface area contributed by atoms with E-state index in [0.717, 1.165) is 29.8 Å². The van der Waals surface area contributed by atoms with Crippen molar-refractivity contribution in [3.8, 4) is 5.75 Å². The number of sulfonamides is 1. The zero-order chi connectivity index (χ0) is 22.2. The molecule has 0 radical (unpaired) electrons. The van der Waals surface area contributed by atoms with E-state index < -0.39 is 10.0 Å². The third-order valence-corrected chi connectivity index (χ3v) is 7.20. The van der Waals surface area contributed by atoms with Crippen LogP contribution in [0, 0.1) is 0 Å². The molecule has 31 heavy (non-hydrogen) atoms. The molecule has 10 heteroatoms. The molecule has 1 saturated carbocycles. The molecule has 1 amide bonds. The number of aromatic nitrogens is 2. The second-order valence-electron chi connectivity index (χ2n) is 8.15. The molecule has 2 aliphatic rings. The summed E-state index contributed by atoms with van der Waals surface area (Å²) in [5.41, 5.74) is 3.30. The average molecular weight is 448 g/mol. The van der Waals surface area contributed by atoms with Crippen LogP contribution in [-0.4, -0.2) is 68.0 Å². The van der Waals surface area contributed by atoms with E-state index in [2.05, 4.69) is 15.3 Å². The minimum Gasteiger partial charge on any atom is -0.494 e. The predicted octanol–water partition coefficient (Wildman–Crippen LogP) is 1.32. The topological polar surface area (TPSA) is 96.8 Å². The number of hydrogen-bond donors (Lipinski definition) is 1. The summed E-state index contributed by atoms with van der Waals surface area (Å²) in [7, 11) is 0.218. The van der Waals surface area contributed by atoms with Crippen LogP contribution in [-0.2, 0) is 23.6 Å². The Kier molecular flexibility index (Phi) is 5.94. The summed E-state index contributed by atoms with van der Waals surface area (Å²) in [5, 5.41) is 7.43. The van der Waals surface area contributed by atoms with Crippen molar-refractivity contribution in [1.29, 1.82) is 0 Å². The molecule has 4 rings (SSSR count). The Hall–Kier alpha value is -2.59. The molecule has 168 valence electrons. The molecular formula is C21H29N5O4S. The minimum absolute atomic E-state index is 0.170. The quantitative estimate of drug-likeness (QED) is 0.688. The first-order valence-corrected chi connectivity index (χ1v) is 12.3. The van der Waals surface area contributed by atoms with Crippen molar-refractivity contribution in [2.75, 3.05) is 44.4 Å². The summed E-state index contributed by atoms with van der Waals surface area (Å²) in [6.45, 7) is 2.36. The first-order valence-electron chi connectivity index (χ1n) is 10.5. The van der Waals surface area contributed by atoms with Crippen LogP contribution in [0.4, 0.5) is 5.69 Å². The summed E-state index contributed by atoms with van der Waals surface area (Å²) >= 11 is 0. The molecule has 9 nitrogen and oxygen atoms in total. The van der Waals surface area contributed by atoms with Crippen molar-refractivity contribution in [2.45, 2.75) is 25.3 Å². The highest BCUT2D eigenvalue weighted by Gasteiger charge is 2.28. The molecule has 1 aliphatic heterocycles. The summed E-state index contributed by atoms with van der Waals surface area (Å²) in [4.78, 5) is 14.8. The van der Waals surface area contributed by atoms with Crippen LogP contribution in [0.5, 0.6) is 5.75 Å². The normalized spacial score (nSPS) is 17.6. The number of nitrogens with one attached hydrogen (secondary N) is 1. The number of para-hydroxylation sites is 1.